The largest absolute Gasteiger partial charge is 0.303 e. The van der Waals surface area contributed by atoms with Crippen molar-refractivity contribution in [1.29, 1.82) is 0 Å². The molecule has 0 saturated carbocycles. The van der Waals surface area contributed by atoms with Crippen LogP contribution in [-0.4, -0.2) is 11.1 Å². The van der Waals surface area contributed by atoms with Crippen molar-refractivity contribution in [3.05, 3.63) is 0 Å². The van der Waals surface area contributed by atoms with E-state index in [2.05, 4.69) is 29.8 Å². The molecule has 9 heavy (non-hydrogen) atoms. The van der Waals surface area contributed by atoms with Gasteiger partial charge in [-0.3, -0.25) is 0 Å². The Morgan fingerprint density at radius 3 is 2.56 bits per heavy atom. The Balaban J connectivity index is 3.44. The van der Waals surface area contributed by atoms with Crippen LogP contribution in [0.5, 0.6) is 0 Å². The van der Waals surface area contributed by atoms with E-state index in [1.807, 2.05) is 0 Å². The minimum atomic E-state index is 0.479. The lowest BCUT2D eigenvalue weighted by molar-refractivity contribution is -0.108. The second kappa shape index (κ2) is 4.98. The van der Waals surface area contributed by atoms with Crippen molar-refractivity contribution in [1.82, 2.24) is 0 Å². The molecule has 0 unspecified atom stereocenters. The Labute approximate surface area is 65.0 Å². The van der Waals surface area contributed by atoms with E-state index in [1.165, 1.54) is 0 Å². The zero-order chi connectivity index (χ0) is 7.28. The van der Waals surface area contributed by atoms with Crippen LogP contribution in [0.2, 0.25) is 0 Å². The maximum atomic E-state index is 10.0. The molecule has 0 heterocycles. The number of aldehydes is 1. The first-order chi connectivity index (χ1) is 4.22. The number of alkyl halides is 1. The molecule has 2 atom stereocenters. The quantitative estimate of drug-likeness (QED) is 0.494. The highest BCUT2D eigenvalue weighted by Crippen LogP contribution is 2.17. The molecule has 1 nitrogen and oxygen atoms in total. The van der Waals surface area contributed by atoms with Gasteiger partial charge in [-0.15, -0.1) is 0 Å². The Kier molecular flexibility index (Phi) is 5.06. The molecule has 0 radical (unpaired) electrons. The number of hydrogen-bond donors (Lipinski definition) is 0. The minimum absolute atomic E-state index is 0.479. The van der Waals surface area contributed by atoms with Crippen molar-refractivity contribution in [3.63, 3.8) is 0 Å². The van der Waals surface area contributed by atoms with Crippen LogP contribution in [0.4, 0.5) is 0 Å². The lowest BCUT2D eigenvalue weighted by Gasteiger charge is -2.12. The molecule has 0 aliphatic carbocycles. The van der Waals surface area contributed by atoms with Crippen LogP contribution in [0.25, 0.3) is 0 Å². The standard InChI is InChI=1S/C7H13BrO/c1-3-7(8)6(2)4-5-9/h5-7H,3-4H2,1-2H3/t6-,7-/m0/s1. The zero-order valence-electron chi connectivity index (χ0n) is 5.93. The van der Waals surface area contributed by atoms with Crippen LogP contribution < -0.4 is 0 Å². The van der Waals surface area contributed by atoms with Crippen LogP contribution in [-0.2, 0) is 4.79 Å². The Morgan fingerprint density at radius 2 is 2.22 bits per heavy atom. The zero-order valence-corrected chi connectivity index (χ0v) is 7.52. The molecule has 0 N–H and O–H groups in total. The Bertz CT molecular complexity index is 83.0. The molecule has 0 aliphatic heterocycles. The second-order valence-electron chi connectivity index (χ2n) is 2.30. The highest BCUT2D eigenvalue weighted by molar-refractivity contribution is 9.09. The molecular formula is C7H13BrO. The molecule has 0 bridgehead atoms. The first-order valence-corrected chi connectivity index (χ1v) is 4.21. The molecule has 0 spiro atoms. The summed E-state index contributed by atoms with van der Waals surface area (Å²) in [6.07, 6.45) is 2.74. The van der Waals surface area contributed by atoms with Crippen LogP contribution in [0.15, 0.2) is 0 Å². The van der Waals surface area contributed by atoms with Gasteiger partial charge in [-0.05, 0) is 12.3 Å². The summed E-state index contributed by atoms with van der Waals surface area (Å²) >= 11 is 3.48. The van der Waals surface area contributed by atoms with E-state index < -0.39 is 0 Å². The minimum Gasteiger partial charge on any atom is -0.303 e. The summed E-state index contributed by atoms with van der Waals surface area (Å²) in [7, 11) is 0. The average Bonchev–Trinajstić information content (AvgIpc) is 1.87. The van der Waals surface area contributed by atoms with Crippen molar-refractivity contribution >= 4 is 22.2 Å². The van der Waals surface area contributed by atoms with Gasteiger partial charge in [0.25, 0.3) is 0 Å². The smallest absolute Gasteiger partial charge is 0.120 e. The van der Waals surface area contributed by atoms with Gasteiger partial charge in [0.15, 0.2) is 0 Å². The maximum Gasteiger partial charge on any atom is 0.120 e. The number of carbonyl (C=O) groups excluding carboxylic acids is 1. The van der Waals surface area contributed by atoms with Crippen molar-refractivity contribution in [3.8, 4) is 0 Å². The molecule has 0 amide bonds. The fourth-order valence-electron chi connectivity index (χ4n) is 0.702. The first kappa shape index (κ1) is 9.15. The fraction of sp³-hybridized carbons (Fsp3) is 0.857. The van der Waals surface area contributed by atoms with Crippen LogP contribution >= 0.6 is 15.9 Å². The van der Waals surface area contributed by atoms with E-state index in [0.717, 1.165) is 12.7 Å². The Hall–Kier alpha value is 0.150. The van der Waals surface area contributed by atoms with Crippen molar-refractivity contribution in [2.75, 3.05) is 0 Å². The number of hydrogen-bond acceptors (Lipinski definition) is 1. The summed E-state index contributed by atoms with van der Waals surface area (Å²) in [4.78, 5) is 10.5. The molecule has 2 heteroatoms. The topological polar surface area (TPSA) is 17.1 Å². The molecule has 0 saturated heterocycles. The van der Waals surface area contributed by atoms with Gasteiger partial charge in [0, 0.05) is 11.2 Å². The monoisotopic (exact) mass is 192 g/mol. The Morgan fingerprint density at radius 1 is 1.67 bits per heavy atom. The molecule has 0 fully saturated rings. The van der Waals surface area contributed by atoms with Gasteiger partial charge < -0.3 is 4.79 Å². The molecule has 0 aromatic carbocycles. The lowest BCUT2D eigenvalue weighted by Crippen LogP contribution is -2.09. The van der Waals surface area contributed by atoms with E-state index in [4.69, 9.17) is 0 Å². The molecule has 0 rings (SSSR count). The van der Waals surface area contributed by atoms with Crippen LogP contribution in [0.1, 0.15) is 26.7 Å². The molecule has 0 aromatic rings. The van der Waals surface area contributed by atoms with Gasteiger partial charge in [0.1, 0.15) is 6.29 Å². The molecule has 0 aromatic heterocycles. The summed E-state index contributed by atoms with van der Waals surface area (Å²) in [6, 6.07) is 0. The van der Waals surface area contributed by atoms with Crippen LogP contribution in [0, 0.1) is 5.92 Å². The number of carbonyl (C=O) groups is 1. The van der Waals surface area contributed by atoms with E-state index in [0.29, 0.717) is 17.2 Å². The van der Waals surface area contributed by atoms with Gasteiger partial charge in [-0.1, -0.05) is 29.8 Å². The highest BCUT2D eigenvalue weighted by Gasteiger charge is 2.09. The first-order valence-electron chi connectivity index (χ1n) is 3.30. The van der Waals surface area contributed by atoms with Crippen LogP contribution in [0.3, 0.4) is 0 Å². The van der Waals surface area contributed by atoms with E-state index in [9.17, 15) is 4.79 Å². The third kappa shape index (κ3) is 3.68. The summed E-state index contributed by atoms with van der Waals surface area (Å²) < 4.78 is 0. The molecule has 54 valence electrons. The van der Waals surface area contributed by atoms with E-state index in [-0.39, 0.29) is 0 Å². The predicted octanol–water partition coefficient (Wildman–Crippen LogP) is 2.39. The van der Waals surface area contributed by atoms with Gasteiger partial charge in [0.2, 0.25) is 0 Å². The summed E-state index contributed by atoms with van der Waals surface area (Å²) in [5.74, 6) is 0.479. The summed E-state index contributed by atoms with van der Waals surface area (Å²) in [5, 5.41) is 0. The fourth-order valence-corrected chi connectivity index (χ4v) is 0.918. The van der Waals surface area contributed by atoms with Crippen molar-refractivity contribution in [2.24, 2.45) is 5.92 Å². The van der Waals surface area contributed by atoms with Crippen molar-refractivity contribution < 1.29 is 4.79 Å². The maximum absolute atomic E-state index is 10.0. The normalized spacial score (nSPS) is 16.8. The second-order valence-corrected chi connectivity index (χ2v) is 3.48. The lowest BCUT2D eigenvalue weighted by atomic mass is 10.0. The number of rotatable bonds is 4. The average molecular weight is 193 g/mol. The van der Waals surface area contributed by atoms with Gasteiger partial charge in [-0.2, -0.15) is 0 Å². The third-order valence-electron chi connectivity index (χ3n) is 1.48. The molecular weight excluding hydrogens is 180 g/mol. The third-order valence-corrected chi connectivity index (χ3v) is 3.03. The predicted molar refractivity (Wildman–Crippen MR) is 42.9 cm³/mol. The summed E-state index contributed by atoms with van der Waals surface area (Å²) in [6.45, 7) is 4.19. The van der Waals surface area contributed by atoms with E-state index >= 15 is 0 Å². The summed E-state index contributed by atoms with van der Waals surface area (Å²) in [5.41, 5.74) is 0. The molecule has 0 aliphatic rings. The van der Waals surface area contributed by atoms with Gasteiger partial charge in [0.05, 0.1) is 0 Å². The highest BCUT2D eigenvalue weighted by atomic mass is 79.9. The van der Waals surface area contributed by atoms with Gasteiger partial charge in [-0.25, -0.2) is 0 Å². The van der Waals surface area contributed by atoms with Crippen molar-refractivity contribution in [2.45, 2.75) is 31.5 Å². The number of halogens is 1. The van der Waals surface area contributed by atoms with Gasteiger partial charge >= 0.3 is 0 Å². The SMILES string of the molecule is CC[C@H](Br)[C@@H](C)CC=O. The van der Waals surface area contributed by atoms with E-state index in [1.54, 1.807) is 0 Å².